The Morgan fingerprint density at radius 1 is 1.10 bits per heavy atom. The Hall–Kier alpha value is -2.41. The van der Waals surface area contributed by atoms with Gasteiger partial charge >= 0.3 is 0 Å². The Morgan fingerprint density at radius 3 is 2.45 bits per heavy atom. The third-order valence-electron chi connectivity index (χ3n) is 2.29. The molecule has 0 radical (unpaired) electrons. The zero-order valence-corrected chi connectivity index (χ0v) is 11.5. The summed E-state index contributed by atoms with van der Waals surface area (Å²) < 4.78 is 5.27. The van der Waals surface area contributed by atoms with Gasteiger partial charge in [0, 0.05) is 4.90 Å². The molecule has 6 nitrogen and oxygen atoms in total. The first-order valence-corrected chi connectivity index (χ1v) is 6.81. The summed E-state index contributed by atoms with van der Waals surface area (Å²) in [7, 11) is 0. The van der Waals surface area contributed by atoms with Crippen LogP contribution in [0.3, 0.4) is 0 Å². The molecule has 0 amide bonds. The van der Waals surface area contributed by atoms with Crippen LogP contribution in [0.25, 0.3) is 0 Å². The number of nitrogens with two attached hydrogens (primary N) is 3. The second-order valence-corrected chi connectivity index (χ2v) is 4.92. The fourth-order valence-corrected chi connectivity index (χ4v) is 2.26. The average molecular weight is 289 g/mol. The zero-order chi connectivity index (χ0) is 14.4. The topological polar surface area (TPSA) is 116 Å². The summed E-state index contributed by atoms with van der Waals surface area (Å²) in [6, 6.07) is 11.4. The first kappa shape index (κ1) is 14.0. The molecule has 7 heteroatoms. The van der Waals surface area contributed by atoms with Gasteiger partial charge in [-0.2, -0.15) is 4.99 Å². The van der Waals surface area contributed by atoms with E-state index in [0.717, 1.165) is 16.4 Å². The molecule has 0 spiro atoms. The molecule has 0 atom stereocenters. The predicted molar refractivity (Wildman–Crippen MR) is 81.8 cm³/mol. The third-order valence-corrected chi connectivity index (χ3v) is 3.32. The summed E-state index contributed by atoms with van der Waals surface area (Å²) in [5, 5.41) is 0. The highest BCUT2D eigenvalue weighted by Gasteiger charge is 1.99. The number of guanidine groups is 2. The second kappa shape index (κ2) is 6.67. The highest BCUT2D eigenvalue weighted by molar-refractivity contribution is 7.98. The number of hydrogen-bond donors (Lipinski definition) is 3. The van der Waals surface area contributed by atoms with Crippen LogP contribution in [0, 0.1) is 0 Å². The fraction of sp³-hybridized carbons (Fsp3) is 0.0769. The maximum atomic E-state index is 5.55. The minimum absolute atomic E-state index is 0.0287. The minimum atomic E-state index is -0.114. The zero-order valence-electron chi connectivity index (χ0n) is 10.7. The monoisotopic (exact) mass is 289 g/mol. The van der Waals surface area contributed by atoms with Crippen molar-refractivity contribution in [2.45, 2.75) is 10.6 Å². The van der Waals surface area contributed by atoms with Crippen LogP contribution in [0.4, 0.5) is 5.69 Å². The van der Waals surface area contributed by atoms with Crippen molar-refractivity contribution in [1.29, 1.82) is 0 Å². The van der Waals surface area contributed by atoms with E-state index in [4.69, 9.17) is 21.6 Å². The summed E-state index contributed by atoms with van der Waals surface area (Å²) >= 11 is 1.68. The molecule has 1 heterocycles. The number of thioether (sulfide) groups is 1. The molecule has 1 aromatic heterocycles. The van der Waals surface area contributed by atoms with Crippen molar-refractivity contribution in [2.75, 3.05) is 0 Å². The maximum Gasteiger partial charge on any atom is 0.223 e. The smallest absolute Gasteiger partial charge is 0.223 e. The van der Waals surface area contributed by atoms with Gasteiger partial charge in [-0.1, -0.05) is 0 Å². The van der Waals surface area contributed by atoms with Gasteiger partial charge in [0.1, 0.15) is 5.76 Å². The number of hydrogen-bond acceptors (Lipinski definition) is 3. The van der Waals surface area contributed by atoms with Crippen molar-refractivity contribution in [3.05, 3.63) is 48.4 Å². The number of nitrogens with zero attached hydrogens (tertiary/aromatic N) is 2. The van der Waals surface area contributed by atoms with Crippen LogP contribution in [0.5, 0.6) is 0 Å². The van der Waals surface area contributed by atoms with E-state index >= 15 is 0 Å². The van der Waals surface area contributed by atoms with E-state index in [9.17, 15) is 0 Å². The second-order valence-electron chi connectivity index (χ2n) is 3.87. The molecule has 6 N–H and O–H groups in total. The predicted octanol–water partition coefficient (Wildman–Crippen LogP) is 1.79. The van der Waals surface area contributed by atoms with Crippen LogP contribution in [-0.2, 0) is 5.75 Å². The van der Waals surface area contributed by atoms with Crippen molar-refractivity contribution >= 4 is 29.4 Å². The fourth-order valence-electron chi connectivity index (χ4n) is 1.46. The minimum Gasteiger partial charge on any atom is -0.468 e. The van der Waals surface area contributed by atoms with Gasteiger partial charge in [0.2, 0.25) is 5.96 Å². The van der Waals surface area contributed by atoms with Crippen LogP contribution in [0.2, 0.25) is 0 Å². The van der Waals surface area contributed by atoms with E-state index < -0.39 is 0 Å². The maximum absolute atomic E-state index is 5.55. The largest absolute Gasteiger partial charge is 0.468 e. The first-order valence-electron chi connectivity index (χ1n) is 5.82. The van der Waals surface area contributed by atoms with Crippen LogP contribution < -0.4 is 17.2 Å². The van der Waals surface area contributed by atoms with Crippen molar-refractivity contribution < 1.29 is 4.42 Å². The number of rotatable bonds is 4. The van der Waals surface area contributed by atoms with Gasteiger partial charge in [-0.25, -0.2) is 4.99 Å². The van der Waals surface area contributed by atoms with E-state index in [1.165, 1.54) is 0 Å². The molecule has 0 bridgehead atoms. The highest BCUT2D eigenvalue weighted by atomic mass is 32.2. The number of aliphatic imine (C=N–C) groups is 2. The van der Waals surface area contributed by atoms with Crippen LogP contribution in [-0.4, -0.2) is 11.9 Å². The third kappa shape index (κ3) is 4.36. The number of benzene rings is 1. The normalized spacial score (nSPS) is 11.3. The molecule has 0 aliphatic rings. The lowest BCUT2D eigenvalue weighted by molar-refractivity contribution is 0.530. The SMILES string of the molecule is NC(N)=NC(N)=Nc1ccc(SCc2ccco2)cc1. The molecular formula is C13H15N5OS. The van der Waals surface area contributed by atoms with E-state index in [-0.39, 0.29) is 11.9 Å². The lowest BCUT2D eigenvalue weighted by Crippen LogP contribution is -2.26. The Morgan fingerprint density at radius 2 is 1.85 bits per heavy atom. The van der Waals surface area contributed by atoms with Crippen molar-refractivity contribution in [2.24, 2.45) is 27.2 Å². The quantitative estimate of drug-likeness (QED) is 0.451. The van der Waals surface area contributed by atoms with Crippen molar-refractivity contribution in [3.8, 4) is 0 Å². The summed E-state index contributed by atoms with van der Waals surface area (Å²) in [6.07, 6.45) is 1.67. The lowest BCUT2D eigenvalue weighted by Gasteiger charge is -2.00. The average Bonchev–Trinajstić information content (AvgIpc) is 2.90. The Kier molecular flexibility index (Phi) is 4.67. The first-order chi connectivity index (χ1) is 9.63. The summed E-state index contributed by atoms with van der Waals surface area (Å²) in [5.74, 6) is 1.64. The summed E-state index contributed by atoms with van der Waals surface area (Å²) in [5.41, 5.74) is 16.7. The Labute approximate surface area is 120 Å². The van der Waals surface area contributed by atoms with E-state index in [1.54, 1.807) is 18.0 Å². The van der Waals surface area contributed by atoms with Gasteiger partial charge in [-0.3, -0.25) is 0 Å². The lowest BCUT2D eigenvalue weighted by atomic mass is 10.3. The molecule has 1 aromatic carbocycles. The summed E-state index contributed by atoms with van der Waals surface area (Å²) in [6.45, 7) is 0. The van der Waals surface area contributed by atoms with Gasteiger partial charge in [-0.15, -0.1) is 11.8 Å². The van der Waals surface area contributed by atoms with E-state index in [2.05, 4.69) is 9.98 Å². The van der Waals surface area contributed by atoms with Crippen molar-refractivity contribution in [3.63, 3.8) is 0 Å². The van der Waals surface area contributed by atoms with Gasteiger partial charge in [0.15, 0.2) is 5.96 Å². The molecule has 20 heavy (non-hydrogen) atoms. The highest BCUT2D eigenvalue weighted by Crippen LogP contribution is 2.25. The molecule has 0 unspecified atom stereocenters. The van der Waals surface area contributed by atoms with E-state index in [1.807, 2.05) is 36.4 Å². The van der Waals surface area contributed by atoms with Crippen LogP contribution in [0.1, 0.15) is 5.76 Å². The van der Waals surface area contributed by atoms with E-state index in [0.29, 0.717) is 5.69 Å². The van der Waals surface area contributed by atoms with Gasteiger partial charge < -0.3 is 21.6 Å². The summed E-state index contributed by atoms with van der Waals surface area (Å²) in [4.78, 5) is 8.83. The molecule has 0 saturated heterocycles. The Balaban J connectivity index is 1.97. The molecule has 0 aliphatic carbocycles. The van der Waals surface area contributed by atoms with Gasteiger partial charge in [0.05, 0.1) is 17.7 Å². The molecule has 104 valence electrons. The van der Waals surface area contributed by atoms with Crippen molar-refractivity contribution in [1.82, 2.24) is 0 Å². The molecule has 2 rings (SSSR count). The number of furan rings is 1. The standard InChI is InChI=1S/C13H15N5OS/c14-12(15)18-13(16)17-9-3-5-11(6-4-9)20-8-10-2-1-7-19-10/h1-7H,8H2,(H6,14,15,16,17,18). The van der Waals surface area contributed by atoms with Crippen LogP contribution in [0.15, 0.2) is 62.0 Å². The molecule has 0 aliphatic heterocycles. The molecule has 2 aromatic rings. The van der Waals surface area contributed by atoms with Gasteiger partial charge in [0.25, 0.3) is 0 Å². The molecule has 0 saturated carbocycles. The van der Waals surface area contributed by atoms with Gasteiger partial charge in [-0.05, 0) is 36.4 Å². The Bertz CT molecular complexity index is 600. The molecular weight excluding hydrogens is 274 g/mol. The van der Waals surface area contributed by atoms with Crippen LogP contribution >= 0.6 is 11.8 Å². The molecule has 0 fully saturated rings.